The first-order chi connectivity index (χ1) is 8.15. The Bertz CT molecular complexity index is 498. The van der Waals surface area contributed by atoms with Crippen LogP contribution < -0.4 is 4.90 Å². The standard InChI is InChI=1S/C11H9Br2N3O/c12-3-7-1-10(17)16(6-7)11-8(4-14)2-9(13)5-15-11/h2,5,7H,1,3,6H2. The molecule has 88 valence electrons. The summed E-state index contributed by atoms with van der Waals surface area (Å²) in [7, 11) is 0. The molecule has 2 heterocycles. The molecule has 1 saturated heterocycles. The number of nitriles is 1. The Kier molecular flexibility index (Phi) is 3.79. The molecule has 0 aliphatic carbocycles. The zero-order chi connectivity index (χ0) is 12.4. The van der Waals surface area contributed by atoms with Crippen molar-refractivity contribution in [3.63, 3.8) is 0 Å². The van der Waals surface area contributed by atoms with E-state index in [1.165, 1.54) is 0 Å². The van der Waals surface area contributed by atoms with E-state index >= 15 is 0 Å². The molecule has 1 unspecified atom stereocenters. The van der Waals surface area contributed by atoms with Crippen LogP contribution in [0.2, 0.25) is 0 Å². The smallest absolute Gasteiger partial charge is 0.228 e. The third-order valence-corrected chi connectivity index (χ3v) is 3.98. The molecule has 1 aliphatic heterocycles. The van der Waals surface area contributed by atoms with Crippen LogP contribution in [0, 0.1) is 17.2 Å². The van der Waals surface area contributed by atoms with Crippen LogP contribution in [-0.2, 0) is 4.79 Å². The first-order valence-corrected chi connectivity index (χ1v) is 6.99. The number of hydrogen-bond acceptors (Lipinski definition) is 3. The summed E-state index contributed by atoms with van der Waals surface area (Å²) in [6.07, 6.45) is 2.11. The van der Waals surface area contributed by atoms with E-state index in [4.69, 9.17) is 5.26 Å². The number of carbonyl (C=O) groups excluding carboxylic acids is 1. The summed E-state index contributed by atoms with van der Waals surface area (Å²) in [5.41, 5.74) is 0.419. The molecule has 2 rings (SSSR count). The van der Waals surface area contributed by atoms with Crippen LogP contribution in [0.5, 0.6) is 0 Å². The van der Waals surface area contributed by atoms with Crippen molar-refractivity contribution in [2.24, 2.45) is 5.92 Å². The van der Waals surface area contributed by atoms with Crippen LogP contribution in [0.15, 0.2) is 16.7 Å². The first-order valence-electron chi connectivity index (χ1n) is 5.07. The number of amides is 1. The fourth-order valence-corrected chi connectivity index (χ4v) is 2.58. The van der Waals surface area contributed by atoms with Gasteiger partial charge in [0, 0.05) is 29.0 Å². The van der Waals surface area contributed by atoms with Crippen molar-refractivity contribution in [1.82, 2.24) is 4.98 Å². The van der Waals surface area contributed by atoms with Gasteiger partial charge in [0.05, 0.1) is 5.56 Å². The molecule has 17 heavy (non-hydrogen) atoms. The van der Waals surface area contributed by atoms with Gasteiger partial charge in [-0.1, -0.05) is 15.9 Å². The molecule has 4 nitrogen and oxygen atoms in total. The van der Waals surface area contributed by atoms with E-state index in [1.54, 1.807) is 17.2 Å². The minimum atomic E-state index is 0.0285. The lowest BCUT2D eigenvalue weighted by atomic mass is 10.2. The van der Waals surface area contributed by atoms with Crippen LogP contribution in [0.4, 0.5) is 5.82 Å². The second-order valence-corrected chi connectivity index (χ2v) is 5.43. The molecule has 0 aromatic carbocycles. The van der Waals surface area contributed by atoms with Gasteiger partial charge in [0.2, 0.25) is 5.91 Å². The molecule has 1 aromatic heterocycles. The van der Waals surface area contributed by atoms with Crippen LogP contribution >= 0.6 is 31.9 Å². The van der Waals surface area contributed by atoms with Crippen molar-refractivity contribution < 1.29 is 4.79 Å². The van der Waals surface area contributed by atoms with Crippen molar-refractivity contribution in [1.29, 1.82) is 5.26 Å². The Morgan fingerprint density at radius 1 is 1.65 bits per heavy atom. The van der Waals surface area contributed by atoms with Gasteiger partial charge in [0.25, 0.3) is 0 Å². The maximum atomic E-state index is 11.8. The third kappa shape index (κ3) is 2.50. The Labute approximate surface area is 116 Å². The van der Waals surface area contributed by atoms with Crippen molar-refractivity contribution in [2.75, 3.05) is 16.8 Å². The molecule has 1 amide bonds. The predicted molar refractivity (Wildman–Crippen MR) is 70.9 cm³/mol. The molecule has 1 aliphatic rings. The molecule has 1 aromatic rings. The Hall–Kier alpha value is -0.930. The Morgan fingerprint density at radius 2 is 2.41 bits per heavy atom. The maximum absolute atomic E-state index is 11.8. The van der Waals surface area contributed by atoms with E-state index in [0.29, 0.717) is 30.3 Å². The van der Waals surface area contributed by atoms with E-state index in [1.807, 2.05) is 0 Å². The minimum Gasteiger partial charge on any atom is -0.295 e. The van der Waals surface area contributed by atoms with Gasteiger partial charge >= 0.3 is 0 Å². The van der Waals surface area contributed by atoms with Crippen molar-refractivity contribution in [2.45, 2.75) is 6.42 Å². The van der Waals surface area contributed by atoms with Gasteiger partial charge in [-0.2, -0.15) is 5.26 Å². The predicted octanol–water partition coefficient (Wildman–Crippen LogP) is 2.46. The zero-order valence-electron chi connectivity index (χ0n) is 8.86. The zero-order valence-corrected chi connectivity index (χ0v) is 12.0. The van der Waals surface area contributed by atoms with Gasteiger partial charge < -0.3 is 0 Å². The highest BCUT2D eigenvalue weighted by Gasteiger charge is 2.31. The van der Waals surface area contributed by atoms with Crippen LogP contribution in [0.3, 0.4) is 0 Å². The molecule has 0 radical (unpaired) electrons. The maximum Gasteiger partial charge on any atom is 0.228 e. The molecule has 0 N–H and O–H groups in total. The fourth-order valence-electron chi connectivity index (χ4n) is 1.82. The van der Waals surface area contributed by atoms with Crippen LogP contribution in [0.1, 0.15) is 12.0 Å². The number of anilines is 1. The summed E-state index contributed by atoms with van der Waals surface area (Å²) < 4.78 is 0.737. The van der Waals surface area contributed by atoms with E-state index in [-0.39, 0.29) is 5.91 Å². The Balaban J connectivity index is 2.35. The summed E-state index contributed by atoms with van der Waals surface area (Å²) >= 11 is 6.64. The molecular formula is C11H9Br2N3O. The molecule has 0 spiro atoms. The lowest BCUT2D eigenvalue weighted by molar-refractivity contribution is -0.117. The van der Waals surface area contributed by atoms with E-state index < -0.39 is 0 Å². The number of nitrogens with zero attached hydrogens (tertiary/aromatic N) is 3. The van der Waals surface area contributed by atoms with Gasteiger partial charge in [-0.3, -0.25) is 9.69 Å². The quantitative estimate of drug-likeness (QED) is 0.763. The van der Waals surface area contributed by atoms with Gasteiger partial charge in [-0.25, -0.2) is 4.98 Å². The van der Waals surface area contributed by atoms with Crippen LogP contribution in [-0.4, -0.2) is 22.8 Å². The largest absolute Gasteiger partial charge is 0.295 e. The van der Waals surface area contributed by atoms with E-state index in [2.05, 4.69) is 42.9 Å². The van der Waals surface area contributed by atoms with E-state index in [0.717, 1.165) is 9.80 Å². The molecule has 1 fully saturated rings. The monoisotopic (exact) mass is 357 g/mol. The summed E-state index contributed by atoms with van der Waals surface area (Å²) in [6.45, 7) is 0.618. The molecule has 0 bridgehead atoms. The topological polar surface area (TPSA) is 57.0 Å². The summed E-state index contributed by atoms with van der Waals surface area (Å²) in [4.78, 5) is 17.6. The number of carbonyl (C=O) groups is 1. The first kappa shape index (κ1) is 12.5. The SMILES string of the molecule is N#Cc1cc(Br)cnc1N1CC(CBr)CC1=O. The molecule has 1 atom stereocenters. The Morgan fingerprint density at radius 3 is 3.00 bits per heavy atom. The van der Waals surface area contributed by atoms with Gasteiger partial charge in [-0.05, 0) is 27.9 Å². The second-order valence-electron chi connectivity index (χ2n) is 3.87. The van der Waals surface area contributed by atoms with Gasteiger partial charge in [-0.15, -0.1) is 0 Å². The number of pyridine rings is 1. The highest BCUT2D eigenvalue weighted by molar-refractivity contribution is 9.10. The second kappa shape index (κ2) is 5.15. The summed E-state index contributed by atoms with van der Waals surface area (Å²) in [5.74, 6) is 0.782. The normalized spacial score (nSPS) is 19.5. The van der Waals surface area contributed by atoms with Gasteiger partial charge in [0.1, 0.15) is 6.07 Å². The number of hydrogen-bond donors (Lipinski definition) is 0. The van der Waals surface area contributed by atoms with Crippen molar-refractivity contribution >= 4 is 43.6 Å². The average molecular weight is 359 g/mol. The average Bonchev–Trinajstić information content (AvgIpc) is 2.70. The number of rotatable bonds is 2. The lowest BCUT2D eigenvalue weighted by Crippen LogP contribution is -2.26. The highest BCUT2D eigenvalue weighted by atomic mass is 79.9. The number of halogens is 2. The third-order valence-electron chi connectivity index (χ3n) is 2.63. The van der Waals surface area contributed by atoms with Crippen molar-refractivity contribution in [3.8, 4) is 6.07 Å². The highest BCUT2D eigenvalue weighted by Crippen LogP contribution is 2.28. The van der Waals surface area contributed by atoms with Crippen LogP contribution in [0.25, 0.3) is 0 Å². The molecule has 0 saturated carbocycles. The summed E-state index contributed by atoms with van der Waals surface area (Å²) in [5, 5.41) is 9.84. The van der Waals surface area contributed by atoms with Crippen molar-refractivity contribution in [3.05, 3.63) is 22.3 Å². The summed E-state index contributed by atoms with van der Waals surface area (Å²) in [6, 6.07) is 3.75. The lowest BCUT2D eigenvalue weighted by Gasteiger charge is -2.16. The number of aromatic nitrogens is 1. The molecular weight excluding hydrogens is 350 g/mol. The van der Waals surface area contributed by atoms with E-state index in [9.17, 15) is 4.79 Å². The van der Waals surface area contributed by atoms with Gasteiger partial charge in [0.15, 0.2) is 5.82 Å². The fraction of sp³-hybridized carbons (Fsp3) is 0.364. The number of alkyl halides is 1. The minimum absolute atomic E-state index is 0.0285. The molecule has 6 heteroatoms.